The number of hydrogen-bond acceptors (Lipinski definition) is 3. The third-order valence-electron chi connectivity index (χ3n) is 6.41. The van der Waals surface area contributed by atoms with Crippen molar-refractivity contribution in [2.45, 2.75) is 36.8 Å². The Morgan fingerprint density at radius 1 is 1.39 bits per heavy atom. The summed E-state index contributed by atoms with van der Waals surface area (Å²) in [5.41, 5.74) is 2.38. The minimum atomic E-state index is -0.451. The van der Waals surface area contributed by atoms with E-state index < -0.39 is 6.10 Å². The summed E-state index contributed by atoms with van der Waals surface area (Å²) in [6.07, 6.45) is 4.11. The average Bonchev–Trinajstić information content (AvgIpc) is 2.88. The molecule has 1 aromatic carbocycles. The molecule has 0 radical (unpaired) electrons. The zero-order valence-electron chi connectivity index (χ0n) is 13.3. The Kier molecular flexibility index (Phi) is 3.23. The minimum absolute atomic E-state index is 0. The van der Waals surface area contributed by atoms with Crippen molar-refractivity contribution in [3.63, 3.8) is 0 Å². The Labute approximate surface area is 141 Å². The van der Waals surface area contributed by atoms with Crippen LogP contribution in [-0.4, -0.2) is 37.7 Å². The fourth-order valence-corrected chi connectivity index (χ4v) is 5.46. The molecule has 4 atom stereocenters. The lowest BCUT2D eigenvalue weighted by molar-refractivity contribution is -0.0158. The van der Waals surface area contributed by atoms with E-state index in [-0.39, 0.29) is 23.6 Å². The second kappa shape index (κ2) is 4.87. The smallest absolute Gasteiger partial charge is 0.166 e. The van der Waals surface area contributed by atoms with Gasteiger partial charge in [-0.2, -0.15) is 0 Å². The number of likely N-dealkylation sites (tertiary alicyclic amines) is 1. The molecule has 1 fully saturated rings. The Morgan fingerprint density at radius 3 is 3.00 bits per heavy atom. The molecule has 2 aliphatic heterocycles. The van der Waals surface area contributed by atoms with Crippen LogP contribution in [0.5, 0.6) is 11.5 Å². The molecule has 0 aromatic heterocycles. The van der Waals surface area contributed by atoms with Crippen molar-refractivity contribution in [2.24, 2.45) is 5.92 Å². The molecule has 5 heteroatoms. The quantitative estimate of drug-likeness (QED) is 0.785. The summed E-state index contributed by atoms with van der Waals surface area (Å²) >= 11 is 0. The molecule has 0 amide bonds. The van der Waals surface area contributed by atoms with Gasteiger partial charge in [-0.1, -0.05) is 6.07 Å². The molecule has 1 aromatic rings. The minimum Gasteiger partial charge on any atom is -0.493 e. The Morgan fingerprint density at radius 2 is 2.22 bits per heavy atom. The van der Waals surface area contributed by atoms with Crippen molar-refractivity contribution in [2.75, 3.05) is 20.7 Å². The normalized spacial score (nSPS) is 36.5. The van der Waals surface area contributed by atoms with Crippen molar-refractivity contribution in [3.05, 3.63) is 35.2 Å². The summed E-state index contributed by atoms with van der Waals surface area (Å²) in [5, 5.41) is 0. The molecule has 2 heterocycles. The van der Waals surface area contributed by atoms with Crippen molar-refractivity contribution < 1.29 is 13.9 Å². The van der Waals surface area contributed by atoms with Crippen LogP contribution in [0.1, 0.15) is 24.0 Å². The van der Waals surface area contributed by atoms with Crippen LogP contribution in [0.4, 0.5) is 4.39 Å². The summed E-state index contributed by atoms with van der Waals surface area (Å²) in [6, 6.07) is 4.61. The number of hydrogen-bond donors (Lipinski definition) is 0. The van der Waals surface area contributed by atoms with E-state index in [0.29, 0.717) is 12.0 Å². The largest absolute Gasteiger partial charge is 0.493 e. The summed E-state index contributed by atoms with van der Waals surface area (Å²) in [6.45, 7) is 1.00. The number of likely N-dealkylation sites (N-methyl/N-ethyl adjacent to an activating group) is 1. The van der Waals surface area contributed by atoms with Crippen LogP contribution < -0.4 is 9.47 Å². The van der Waals surface area contributed by atoms with Gasteiger partial charge in [0.15, 0.2) is 17.6 Å². The Hall–Kier alpha value is -1.26. The van der Waals surface area contributed by atoms with E-state index in [1.54, 1.807) is 13.2 Å². The van der Waals surface area contributed by atoms with Gasteiger partial charge >= 0.3 is 0 Å². The topological polar surface area (TPSA) is 21.7 Å². The van der Waals surface area contributed by atoms with Crippen molar-refractivity contribution in [1.29, 1.82) is 0 Å². The van der Waals surface area contributed by atoms with Gasteiger partial charge in [-0.3, -0.25) is 0 Å². The maximum Gasteiger partial charge on any atom is 0.166 e. The Bertz CT molecular complexity index is 707. The number of piperidine rings is 1. The van der Waals surface area contributed by atoms with Crippen LogP contribution in [0.25, 0.3) is 0 Å². The van der Waals surface area contributed by atoms with Crippen molar-refractivity contribution >= 4 is 12.4 Å². The summed E-state index contributed by atoms with van der Waals surface area (Å²) < 4.78 is 26.3. The third-order valence-corrected chi connectivity index (χ3v) is 6.41. The number of allylic oxidation sites excluding steroid dienone is 1. The van der Waals surface area contributed by atoms with Gasteiger partial charge in [-0.25, -0.2) is 4.39 Å². The van der Waals surface area contributed by atoms with Crippen LogP contribution in [0.3, 0.4) is 0 Å². The van der Waals surface area contributed by atoms with E-state index in [1.807, 2.05) is 6.07 Å². The van der Waals surface area contributed by atoms with Gasteiger partial charge in [0.1, 0.15) is 5.83 Å². The number of ether oxygens (including phenoxy) is 2. The maximum absolute atomic E-state index is 14.6. The first-order valence-corrected chi connectivity index (χ1v) is 8.09. The summed E-state index contributed by atoms with van der Waals surface area (Å²) in [4.78, 5) is 2.45. The molecule has 2 bridgehead atoms. The second-order valence-electron chi connectivity index (χ2n) is 7.10. The van der Waals surface area contributed by atoms with Gasteiger partial charge < -0.3 is 14.4 Å². The molecule has 4 aliphatic rings. The van der Waals surface area contributed by atoms with Gasteiger partial charge in [0, 0.05) is 17.0 Å². The number of nitrogens with zero attached hydrogens (tertiary/aromatic N) is 1. The van der Waals surface area contributed by atoms with Gasteiger partial charge in [-0.05, 0) is 56.5 Å². The maximum atomic E-state index is 14.6. The summed E-state index contributed by atoms with van der Waals surface area (Å²) in [5.74, 6) is 1.89. The number of benzene rings is 1. The fraction of sp³-hybridized carbons (Fsp3) is 0.556. The monoisotopic (exact) mass is 337 g/mol. The lowest BCUT2D eigenvalue weighted by atomic mass is 9.53. The molecule has 0 N–H and O–H groups in total. The lowest BCUT2D eigenvalue weighted by Gasteiger charge is -2.56. The predicted octanol–water partition coefficient (Wildman–Crippen LogP) is 3.25. The van der Waals surface area contributed by atoms with E-state index in [9.17, 15) is 4.39 Å². The molecular weight excluding hydrogens is 317 g/mol. The zero-order valence-corrected chi connectivity index (χ0v) is 14.2. The van der Waals surface area contributed by atoms with E-state index >= 15 is 0 Å². The molecule has 1 unspecified atom stereocenters. The van der Waals surface area contributed by atoms with E-state index in [0.717, 1.165) is 37.3 Å². The highest BCUT2D eigenvalue weighted by molar-refractivity contribution is 5.85. The highest BCUT2D eigenvalue weighted by Gasteiger charge is 2.64. The first kappa shape index (κ1) is 15.3. The second-order valence-corrected chi connectivity index (χ2v) is 7.10. The van der Waals surface area contributed by atoms with Crippen LogP contribution >= 0.6 is 12.4 Å². The predicted molar refractivity (Wildman–Crippen MR) is 88.4 cm³/mol. The van der Waals surface area contributed by atoms with Gasteiger partial charge in [0.2, 0.25) is 0 Å². The first-order chi connectivity index (χ1) is 10.7. The van der Waals surface area contributed by atoms with Crippen molar-refractivity contribution in [1.82, 2.24) is 4.90 Å². The third kappa shape index (κ3) is 1.64. The molecule has 5 rings (SSSR count). The van der Waals surface area contributed by atoms with E-state index in [4.69, 9.17) is 9.47 Å². The number of methoxy groups -OCH3 is 1. The highest BCUT2D eigenvalue weighted by atomic mass is 35.5. The van der Waals surface area contributed by atoms with Crippen LogP contribution in [0.2, 0.25) is 0 Å². The SMILES string of the molecule is COc1ccc2c3c1OC1C(F)=CC[C@H]4[C@@H](C2)N(C)CC[C@]314.Cl. The fourth-order valence-electron chi connectivity index (χ4n) is 5.46. The molecule has 2 aliphatic carbocycles. The van der Waals surface area contributed by atoms with Gasteiger partial charge in [0.25, 0.3) is 0 Å². The van der Waals surface area contributed by atoms with Gasteiger partial charge in [0.05, 0.1) is 7.11 Å². The van der Waals surface area contributed by atoms with Crippen LogP contribution in [0, 0.1) is 5.92 Å². The average molecular weight is 338 g/mol. The first-order valence-electron chi connectivity index (χ1n) is 8.09. The Balaban J connectivity index is 0.00000135. The van der Waals surface area contributed by atoms with Crippen LogP contribution in [-0.2, 0) is 11.8 Å². The lowest BCUT2D eigenvalue weighted by Crippen LogP contribution is -2.63. The number of halogens is 2. The van der Waals surface area contributed by atoms with E-state index in [2.05, 4.69) is 18.0 Å². The molecule has 3 nitrogen and oxygen atoms in total. The standard InChI is InChI=1S/C18H20FNO2.ClH/c1-20-8-7-18-11-4-5-12(19)17(18)22-16-14(21-2)6-3-10(15(16)18)9-13(11)20;/h3,5-6,11,13,17H,4,7-9H2,1-2H3;1H/t11-,13+,17?,18-;/m0./s1. The van der Waals surface area contributed by atoms with E-state index in [1.165, 1.54) is 11.1 Å². The summed E-state index contributed by atoms with van der Waals surface area (Å²) in [7, 11) is 3.86. The molecule has 124 valence electrons. The highest BCUT2D eigenvalue weighted by Crippen LogP contribution is 2.63. The van der Waals surface area contributed by atoms with Crippen LogP contribution in [0.15, 0.2) is 24.0 Å². The molecule has 1 spiro atoms. The van der Waals surface area contributed by atoms with Crippen molar-refractivity contribution in [3.8, 4) is 11.5 Å². The number of rotatable bonds is 1. The molecule has 1 saturated heterocycles. The molecule has 0 saturated carbocycles. The molecule has 23 heavy (non-hydrogen) atoms. The zero-order chi connectivity index (χ0) is 15.1. The van der Waals surface area contributed by atoms with Gasteiger partial charge in [-0.15, -0.1) is 12.4 Å². The molecular formula is C18H21ClFNO2.